The van der Waals surface area contributed by atoms with Crippen LogP contribution < -0.4 is 5.32 Å². The van der Waals surface area contributed by atoms with Crippen molar-refractivity contribution in [3.05, 3.63) is 66.1 Å². The summed E-state index contributed by atoms with van der Waals surface area (Å²) in [5, 5.41) is 3.18. The molecule has 1 aliphatic carbocycles. The predicted molar refractivity (Wildman–Crippen MR) is 91.8 cm³/mol. The highest BCUT2D eigenvalue weighted by Crippen LogP contribution is 2.27. The van der Waals surface area contributed by atoms with Gasteiger partial charge in [-0.05, 0) is 42.5 Å². The van der Waals surface area contributed by atoms with Crippen molar-refractivity contribution in [1.29, 1.82) is 0 Å². The predicted octanol–water partition coefficient (Wildman–Crippen LogP) is 4.21. The van der Waals surface area contributed by atoms with Crippen molar-refractivity contribution in [2.24, 2.45) is 5.92 Å². The number of hydrogen-bond acceptors (Lipinski definition) is 2. The van der Waals surface area contributed by atoms with Crippen LogP contribution >= 0.6 is 0 Å². The van der Waals surface area contributed by atoms with E-state index < -0.39 is 0 Å². The van der Waals surface area contributed by atoms with Gasteiger partial charge in [0.25, 0.3) is 0 Å². The number of amides is 1. The van der Waals surface area contributed by atoms with Crippen molar-refractivity contribution in [2.75, 3.05) is 0 Å². The first-order valence-corrected chi connectivity index (χ1v) is 8.37. The summed E-state index contributed by atoms with van der Waals surface area (Å²) in [7, 11) is 0. The summed E-state index contributed by atoms with van der Waals surface area (Å²) in [5.74, 6) is 1.46. The van der Waals surface area contributed by atoms with Gasteiger partial charge in [0.2, 0.25) is 5.91 Å². The summed E-state index contributed by atoms with van der Waals surface area (Å²) in [6.07, 6.45) is 10.7. The standard InChI is InChI=1S/C20H23NO2/c22-20(13-12-16-7-2-1-3-8-16)21-19-11-5-4-9-17(19)15-18-10-6-14-23-18/h1-3,6-8,10,12-14,17,19H,4-5,9,11,15H2,(H,21,22)/b13-12+/t17-,19-/m1/s1. The van der Waals surface area contributed by atoms with Gasteiger partial charge in [-0.1, -0.05) is 43.2 Å². The van der Waals surface area contributed by atoms with Gasteiger partial charge in [0.1, 0.15) is 5.76 Å². The lowest BCUT2D eigenvalue weighted by Gasteiger charge is -2.31. The van der Waals surface area contributed by atoms with E-state index in [0.29, 0.717) is 5.92 Å². The van der Waals surface area contributed by atoms with Gasteiger partial charge in [-0.15, -0.1) is 0 Å². The Balaban J connectivity index is 1.58. The van der Waals surface area contributed by atoms with Crippen LogP contribution in [0.25, 0.3) is 6.08 Å². The minimum absolute atomic E-state index is 0.00908. The van der Waals surface area contributed by atoms with Crippen LogP contribution in [0.15, 0.2) is 59.2 Å². The Hall–Kier alpha value is -2.29. The summed E-state index contributed by atoms with van der Waals surface area (Å²) < 4.78 is 5.47. The molecule has 1 heterocycles. The Bertz CT molecular complexity index is 631. The number of rotatable bonds is 5. The molecule has 1 aliphatic rings. The maximum Gasteiger partial charge on any atom is 0.244 e. The maximum absolute atomic E-state index is 12.2. The molecule has 1 aromatic heterocycles. The fraction of sp³-hybridized carbons (Fsp3) is 0.350. The smallest absolute Gasteiger partial charge is 0.244 e. The molecule has 3 rings (SSSR count). The largest absolute Gasteiger partial charge is 0.469 e. The van der Waals surface area contributed by atoms with Crippen LogP contribution in [0, 0.1) is 5.92 Å². The average Bonchev–Trinajstić information content (AvgIpc) is 3.09. The molecule has 2 atom stereocenters. The first-order chi connectivity index (χ1) is 11.3. The Morgan fingerprint density at radius 3 is 2.74 bits per heavy atom. The molecule has 0 saturated heterocycles. The average molecular weight is 309 g/mol. The Kier molecular flexibility index (Phi) is 5.30. The third-order valence-electron chi connectivity index (χ3n) is 4.51. The molecule has 0 aliphatic heterocycles. The lowest BCUT2D eigenvalue weighted by atomic mass is 9.82. The molecule has 2 aromatic rings. The number of furan rings is 1. The van der Waals surface area contributed by atoms with E-state index in [0.717, 1.165) is 30.6 Å². The molecule has 3 nitrogen and oxygen atoms in total. The molecule has 3 heteroatoms. The molecular weight excluding hydrogens is 286 g/mol. The maximum atomic E-state index is 12.2. The second-order valence-electron chi connectivity index (χ2n) is 6.19. The van der Waals surface area contributed by atoms with Crippen LogP contribution in [0.1, 0.15) is 37.0 Å². The lowest BCUT2D eigenvalue weighted by molar-refractivity contribution is -0.117. The molecule has 0 unspecified atom stereocenters. The second-order valence-corrected chi connectivity index (χ2v) is 6.19. The quantitative estimate of drug-likeness (QED) is 0.841. The molecule has 1 fully saturated rings. The highest BCUT2D eigenvalue weighted by atomic mass is 16.3. The van der Waals surface area contributed by atoms with E-state index >= 15 is 0 Å². The van der Waals surface area contributed by atoms with Crippen LogP contribution in [0.2, 0.25) is 0 Å². The van der Waals surface area contributed by atoms with E-state index in [-0.39, 0.29) is 11.9 Å². The summed E-state index contributed by atoms with van der Waals surface area (Å²) in [5.41, 5.74) is 1.04. The van der Waals surface area contributed by atoms with Gasteiger partial charge in [-0.2, -0.15) is 0 Å². The first-order valence-electron chi connectivity index (χ1n) is 8.37. The third kappa shape index (κ3) is 4.59. The molecule has 0 spiro atoms. The van der Waals surface area contributed by atoms with Crippen LogP contribution in [-0.2, 0) is 11.2 Å². The molecule has 120 valence electrons. The number of hydrogen-bond donors (Lipinski definition) is 1. The zero-order valence-electron chi connectivity index (χ0n) is 13.3. The van der Waals surface area contributed by atoms with Gasteiger partial charge >= 0.3 is 0 Å². The lowest BCUT2D eigenvalue weighted by Crippen LogP contribution is -2.42. The van der Waals surface area contributed by atoms with Gasteiger partial charge in [0.05, 0.1) is 6.26 Å². The zero-order valence-corrected chi connectivity index (χ0v) is 13.3. The minimum Gasteiger partial charge on any atom is -0.469 e. The number of nitrogens with one attached hydrogen (secondary N) is 1. The van der Waals surface area contributed by atoms with Crippen LogP contribution in [0.5, 0.6) is 0 Å². The van der Waals surface area contributed by atoms with Crippen molar-refractivity contribution in [3.63, 3.8) is 0 Å². The molecular formula is C20H23NO2. The van der Waals surface area contributed by atoms with Crippen LogP contribution in [0.4, 0.5) is 0 Å². The van der Waals surface area contributed by atoms with Gasteiger partial charge in [0.15, 0.2) is 0 Å². The topological polar surface area (TPSA) is 42.2 Å². The van der Waals surface area contributed by atoms with Crippen molar-refractivity contribution < 1.29 is 9.21 Å². The summed E-state index contributed by atoms with van der Waals surface area (Å²) in [6, 6.07) is 14.1. The van der Waals surface area contributed by atoms with Crippen LogP contribution in [0.3, 0.4) is 0 Å². The summed E-state index contributed by atoms with van der Waals surface area (Å²) in [4.78, 5) is 12.2. The minimum atomic E-state index is -0.00908. The molecule has 1 saturated carbocycles. The molecule has 23 heavy (non-hydrogen) atoms. The van der Waals surface area contributed by atoms with Gasteiger partial charge in [-0.3, -0.25) is 4.79 Å². The Morgan fingerprint density at radius 2 is 1.96 bits per heavy atom. The van der Waals surface area contributed by atoms with Crippen molar-refractivity contribution >= 4 is 12.0 Å². The van der Waals surface area contributed by atoms with E-state index in [1.54, 1.807) is 12.3 Å². The highest BCUT2D eigenvalue weighted by molar-refractivity contribution is 5.91. The van der Waals surface area contributed by atoms with Crippen molar-refractivity contribution in [1.82, 2.24) is 5.32 Å². The number of carbonyl (C=O) groups excluding carboxylic acids is 1. The Labute approximate surface area is 137 Å². The molecule has 0 bridgehead atoms. The molecule has 1 N–H and O–H groups in total. The SMILES string of the molecule is O=C(/C=C/c1ccccc1)N[C@@H]1CCCC[C@@H]1Cc1ccco1. The first kappa shape index (κ1) is 15.6. The highest BCUT2D eigenvalue weighted by Gasteiger charge is 2.26. The number of benzene rings is 1. The zero-order chi connectivity index (χ0) is 15.9. The third-order valence-corrected chi connectivity index (χ3v) is 4.51. The monoisotopic (exact) mass is 309 g/mol. The van der Waals surface area contributed by atoms with E-state index in [4.69, 9.17) is 4.42 Å². The van der Waals surface area contributed by atoms with E-state index in [1.807, 2.05) is 48.5 Å². The van der Waals surface area contributed by atoms with E-state index in [1.165, 1.54) is 12.8 Å². The van der Waals surface area contributed by atoms with Gasteiger partial charge < -0.3 is 9.73 Å². The van der Waals surface area contributed by atoms with E-state index in [2.05, 4.69) is 5.32 Å². The van der Waals surface area contributed by atoms with E-state index in [9.17, 15) is 4.79 Å². The number of carbonyl (C=O) groups is 1. The van der Waals surface area contributed by atoms with Gasteiger partial charge in [0, 0.05) is 18.5 Å². The molecule has 1 aromatic carbocycles. The summed E-state index contributed by atoms with van der Waals surface area (Å²) >= 11 is 0. The molecule has 1 amide bonds. The molecule has 0 radical (unpaired) electrons. The van der Waals surface area contributed by atoms with Crippen molar-refractivity contribution in [2.45, 2.75) is 38.1 Å². The second kappa shape index (κ2) is 7.82. The van der Waals surface area contributed by atoms with Gasteiger partial charge in [-0.25, -0.2) is 0 Å². The van der Waals surface area contributed by atoms with Crippen molar-refractivity contribution in [3.8, 4) is 0 Å². The fourth-order valence-corrected chi connectivity index (χ4v) is 3.30. The fourth-order valence-electron chi connectivity index (χ4n) is 3.30. The normalized spacial score (nSPS) is 21.4. The van der Waals surface area contributed by atoms with Crippen LogP contribution in [-0.4, -0.2) is 11.9 Å². The Morgan fingerprint density at radius 1 is 1.13 bits per heavy atom. The summed E-state index contributed by atoms with van der Waals surface area (Å²) in [6.45, 7) is 0.